The van der Waals surface area contributed by atoms with Gasteiger partial charge in [-0.2, -0.15) is 5.10 Å². The number of piperazine rings is 1. The molecule has 2 atom stereocenters. The van der Waals surface area contributed by atoms with E-state index in [0.29, 0.717) is 42.2 Å². The highest BCUT2D eigenvalue weighted by Gasteiger charge is 2.46. The number of aromatic nitrogens is 2. The van der Waals surface area contributed by atoms with Crippen molar-refractivity contribution < 1.29 is 23.1 Å². The molecule has 2 aliphatic carbocycles. The van der Waals surface area contributed by atoms with Gasteiger partial charge in [-0.1, -0.05) is 11.6 Å². The maximum Gasteiger partial charge on any atom is 0.281 e. The lowest BCUT2D eigenvalue weighted by Gasteiger charge is -2.41. The van der Waals surface area contributed by atoms with Gasteiger partial charge in [0.1, 0.15) is 0 Å². The highest BCUT2D eigenvalue weighted by atomic mass is 19.3. The van der Waals surface area contributed by atoms with Crippen LogP contribution in [0.3, 0.4) is 0 Å². The van der Waals surface area contributed by atoms with Gasteiger partial charge in [0.05, 0.1) is 29.1 Å². The number of carbonyl (C=O) groups is 2. The minimum atomic E-state index is -2.62. The van der Waals surface area contributed by atoms with Crippen LogP contribution >= 0.6 is 0 Å². The molecule has 1 aromatic heterocycles. The number of carbonyl (C=O) groups excluding carboxylic acids is 2. The highest BCUT2D eigenvalue weighted by Crippen LogP contribution is 2.44. The molecule has 4 aliphatic rings. The molecule has 8 nitrogen and oxygen atoms in total. The van der Waals surface area contributed by atoms with Crippen LogP contribution in [0.25, 0.3) is 5.57 Å². The molecule has 5 rings (SSSR count). The van der Waals surface area contributed by atoms with Crippen LogP contribution in [-0.4, -0.2) is 89.0 Å². The molecule has 0 radical (unpaired) electrons. The second-order valence-corrected chi connectivity index (χ2v) is 10.8. The van der Waals surface area contributed by atoms with E-state index in [4.69, 9.17) is 4.74 Å². The zero-order chi connectivity index (χ0) is 26.3. The van der Waals surface area contributed by atoms with Crippen LogP contribution in [-0.2, 0) is 16.1 Å². The van der Waals surface area contributed by atoms with Crippen molar-refractivity contribution >= 4 is 23.1 Å². The predicted octanol–water partition coefficient (Wildman–Crippen LogP) is 3.44. The topological polar surface area (TPSA) is 80.0 Å². The Morgan fingerprint density at radius 1 is 1.24 bits per heavy atom. The third kappa shape index (κ3) is 5.18. The van der Waals surface area contributed by atoms with Crippen LogP contribution in [0.2, 0.25) is 0 Å². The van der Waals surface area contributed by atoms with Gasteiger partial charge < -0.3 is 9.64 Å². The Balaban J connectivity index is 1.32. The van der Waals surface area contributed by atoms with E-state index in [1.54, 1.807) is 11.8 Å². The van der Waals surface area contributed by atoms with Gasteiger partial charge in [-0.25, -0.2) is 13.8 Å². The molecule has 1 saturated carbocycles. The van der Waals surface area contributed by atoms with Crippen LogP contribution in [0.5, 0.6) is 0 Å². The summed E-state index contributed by atoms with van der Waals surface area (Å²) < 4.78 is 33.6. The summed E-state index contributed by atoms with van der Waals surface area (Å²) >= 11 is 0. The number of unbranched alkanes of at least 4 members (excludes halogenated alkanes) is 1. The fraction of sp³-hybridized carbons (Fsp3) is 0.630. The fourth-order valence-corrected chi connectivity index (χ4v) is 5.90. The second kappa shape index (κ2) is 10.2. The zero-order valence-corrected chi connectivity index (χ0v) is 21.8. The fourth-order valence-electron chi connectivity index (χ4n) is 5.90. The van der Waals surface area contributed by atoms with E-state index in [2.05, 4.69) is 21.9 Å². The standard InChI is InChI=1S/C27H35F2N5O3/c1-17-10-23-21(24-22(25(35)31-23)14-30-34(24)16-19-12-27(28,29)13-19)11-20(17)26(36)33-8-7-32(18(2)15-33)6-4-5-9-37-3/h10-11,14,18-20H,4-9,12-13,15-16H2,1-3H3/t18-,20?/m0/s1. The number of hydrogen-bond acceptors (Lipinski definition) is 5. The van der Waals surface area contributed by atoms with Crippen LogP contribution in [0.4, 0.5) is 8.78 Å². The van der Waals surface area contributed by atoms with Crippen molar-refractivity contribution in [3.63, 3.8) is 0 Å². The summed E-state index contributed by atoms with van der Waals surface area (Å²) in [7, 11) is 1.72. The van der Waals surface area contributed by atoms with Gasteiger partial charge in [0, 0.05) is 64.4 Å². The van der Waals surface area contributed by atoms with Crippen molar-refractivity contribution in [3.8, 4) is 0 Å². The van der Waals surface area contributed by atoms with Crippen molar-refractivity contribution in [1.82, 2.24) is 19.6 Å². The minimum absolute atomic E-state index is 0.0364. The third-order valence-electron chi connectivity index (χ3n) is 8.00. The number of alkyl halides is 2. The van der Waals surface area contributed by atoms with Gasteiger partial charge in [0.25, 0.3) is 5.91 Å². The van der Waals surface area contributed by atoms with Gasteiger partial charge in [0.15, 0.2) is 0 Å². The lowest BCUT2D eigenvalue weighted by atomic mass is 9.81. The predicted molar refractivity (Wildman–Crippen MR) is 136 cm³/mol. The smallest absolute Gasteiger partial charge is 0.281 e. The lowest BCUT2D eigenvalue weighted by Crippen LogP contribution is -2.55. The molecule has 0 aromatic carbocycles. The first-order valence-electron chi connectivity index (χ1n) is 13.2. The maximum absolute atomic E-state index is 13.7. The summed E-state index contributed by atoms with van der Waals surface area (Å²) in [5.74, 6) is -3.63. The zero-order valence-electron chi connectivity index (χ0n) is 21.8. The molecule has 0 spiro atoms. The molecule has 2 aliphatic heterocycles. The van der Waals surface area contributed by atoms with Crippen LogP contribution in [0.15, 0.2) is 28.9 Å². The number of fused-ring (bicyclic) bond motifs is 3. The molecule has 0 N–H and O–H groups in total. The number of ether oxygens (including phenoxy) is 1. The van der Waals surface area contributed by atoms with Crippen molar-refractivity contribution in [3.05, 3.63) is 35.2 Å². The lowest BCUT2D eigenvalue weighted by molar-refractivity contribution is -0.135. The molecule has 10 heteroatoms. The van der Waals surface area contributed by atoms with E-state index >= 15 is 0 Å². The molecular weight excluding hydrogens is 480 g/mol. The average Bonchev–Trinajstić information content (AvgIpc) is 3.25. The summed E-state index contributed by atoms with van der Waals surface area (Å²) in [6.45, 7) is 8.27. The van der Waals surface area contributed by atoms with Crippen molar-refractivity contribution in [1.29, 1.82) is 0 Å². The van der Waals surface area contributed by atoms with Crippen molar-refractivity contribution in [2.45, 2.75) is 58.0 Å². The Morgan fingerprint density at radius 2 is 2.03 bits per heavy atom. The number of amides is 2. The first-order chi connectivity index (χ1) is 17.7. The summed E-state index contributed by atoms with van der Waals surface area (Å²) in [5.41, 5.74) is 2.97. The summed E-state index contributed by atoms with van der Waals surface area (Å²) in [4.78, 5) is 34.9. The first-order valence-corrected chi connectivity index (χ1v) is 13.2. The third-order valence-corrected chi connectivity index (χ3v) is 8.00. The van der Waals surface area contributed by atoms with Crippen LogP contribution in [0.1, 0.15) is 55.6 Å². The van der Waals surface area contributed by atoms with Gasteiger partial charge in [-0.05, 0) is 45.2 Å². The largest absolute Gasteiger partial charge is 0.385 e. The quantitative estimate of drug-likeness (QED) is 0.496. The summed E-state index contributed by atoms with van der Waals surface area (Å²) in [6, 6.07) is 0.263. The summed E-state index contributed by atoms with van der Waals surface area (Å²) in [6.07, 6.45) is 6.90. The van der Waals surface area contributed by atoms with E-state index < -0.39 is 17.7 Å². The first kappa shape index (κ1) is 25.9. The van der Waals surface area contributed by atoms with Gasteiger partial charge in [0.2, 0.25) is 11.8 Å². The van der Waals surface area contributed by atoms with E-state index in [0.717, 1.165) is 38.1 Å². The highest BCUT2D eigenvalue weighted by molar-refractivity contribution is 6.36. The van der Waals surface area contributed by atoms with Crippen LogP contribution < -0.4 is 0 Å². The molecule has 2 amide bonds. The Hall–Kier alpha value is -2.72. The molecular formula is C27H35F2N5O3. The molecule has 1 saturated heterocycles. The van der Waals surface area contributed by atoms with Gasteiger partial charge in [-0.3, -0.25) is 19.2 Å². The SMILES string of the molecule is COCCCCN1CCN(C(=O)C2C=C3C(=NC(=O)c4cnn(CC5CC(F)(F)C5)c43)C=C2C)C[C@@H]1C. The maximum atomic E-state index is 13.7. The van der Waals surface area contributed by atoms with Gasteiger partial charge in [-0.15, -0.1) is 0 Å². The van der Waals surface area contributed by atoms with Crippen molar-refractivity contribution in [2.24, 2.45) is 16.8 Å². The van der Waals surface area contributed by atoms with Crippen molar-refractivity contribution in [2.75, 3.05) is 39.9 Å². The minimum Gasteiger partial charge on any atom is -0.385 e. The van der Waals surface area contributed by atoms with Crippen LogP contribution in [0, 0.1) is 11.8 Å². The van der Waals surface area contributed by atoms with E-state index in [-0.39, 0.29) is 30.7 Å². The van der Waals surface area contributed by atoms with Gasteiger partial charge >= 0.3 is 0 Å². The Morgan fingerprint density at radius 3 is 2.73 bits per heavy atom. The average molecular weight is 516 g/mol. The Bertz CT molecular complexity index is 1160. The Kier molecular flexibility index (Phi) is 7.15. The molecule has 2 fully saturated rings. The number of hydrogen-bond donors (Lipinski definition) is 0. The number of allylic oxidation sites excluding steroid dienone is 2. The normalized spacial score (nSPS) is 25.6. The molecule has 1 unspecified atom stereocenters. The number of rotatable bonds is 8. The molecule has 0 bridgehead atoms. The molecule has 3 heterocycles. The van der Waals surface area contributed by atoms with E-state index in [9.17, 15) is 18.4 Å². The number of aliphatic imine (C=N–C) groups is 1. The molecule has 37 heavy (non-hydrogen) atoms. The monoisotopic (exact) mass is 515 g/mol. The van der Waals surface area contributed by atoms with E-state index in [1.807, 2.05) is 24.0 Å². The number of halogens is 2. The summed E-state index contributed by atoms with van der Waals surface area (Å²) in [5, 5.41) is 4.35. The second-order valence-electron chi connectivity index (χ2n) is 10.8. The van der Waals surface area contributed by atoms with E-state index in [1.165, 1.54) is 6.20 Å². The molecule has 1 aromatic rings. The molecule has 200 valence electrons. The number of nitrogens with zero attached hydrogens (tertiary/aromatic N) is 5. The number of methoxy groups -OCH3 is 1. The Labute approximate surface area is 216 Å².